The molecule has 1 N–H and O–H groups in total. The number of benzene rings is 2. The summed E-state index contributed by atoms with van der Waals surface area (Å²) in [4.78, 5) is 14.6. The third kappa shape index (κ3) is 6.27. The van der Waals surface area contributed by atoms with Crippen LogP contribution in [0.4, 0.5) is 5.95 Å². The fraction of sp³-hybridized carbons (Fsp3) is 0.375. The maximum atomic E-state index is 12.4. The van der Waals surface area contributed by atoms with Gasteiger partial charge in [0.05, 0.1) is 31.2 Å². The lowest BCUT2D eigenvalue weighted by Gasteiger charge is -2.27. The topological polar surface area (TPSA) is 81.5 Å². The number of hydrogen-bond donors (Lipinski definition) is 1. The van der Waals surface area contributed by atoms with E-state index in [2.05, 4.69) is 51.6 Å². The fourth-order valence-electron chi connectivity index (χ4n) is 3.49. The zero-order valence-electron chi connectivity index (χ0n) is 19.0. The lowest BCUT2D eigenvalue weighted by molar-refractivity contribution is -0.118. The number of aromatic nitrogens is 3. The molecule has 1 amide bonds. The van der Waals surface area contributed by atoms with Gasteiger partial charge in [-0.3, -0.25) is 9.36 Å². The van der Waals surface area contributed by atoms with Crippen molar-refractivity contribution in [2.24, 2.45) is 0 Å². The van der Waals surface area contributed by atoms with Gasteiger partial charge in [-0.05, 0) is 43.7 Å². The van der Waals surface area contributed by atoms with E-state index < -0.39 is 0 Å². The summed E-state index contributed by atoms with van der Waals surface area (Å²) in [6, 6.07) is 16.1. The van der Waals surface area contributed by atoms with Crippen molar-refractivity contribution in [2.45, 2.75) is 19.0 Å². The van der Waals surface area contributed by atoms with Crippen LogP contribution in [0.25, 0.3) is 5.69 Å². The quantitative estimate of drug-likeness (QED) is 0.383. The van der Waals surface area contributed by atoms with E-state index in [1.54, 1.807) is 0 Å². The number of amides is 1. The second-order valence-electron chi connectivity index (χ2n) is 7.86. The Morgan fingerprint density at radius 3 is 2.64 bits per heavy atom. The average Bonchev–Trinajstić information content (AvgIpc) is 3.26. The van der Waals surface area contributed by atoms with Crippen LogP contribution in [0.15, 0.2) is 53.7 Å². The second kappa shape index (κ2) is 11.2. The smallest absolute Gasteiger partial charge is 0.232 e. The predicted molar refractivity (Wildman–Crippen MR) is 130 cm³/mol. The fourth-order valence-corrected chi connectivity index (χ4v) is 4.27. The molecule has 0 atom stereocenters. The summed E-state index contributed by atoms with van der Waals surface area (Å²) in [5.41, 5.74) is 3.30. The first-order valence-corrected chi connectivity index (χ1v) is 12.0. The number of rotatable bonds is 9. The van der Waals surface area contributed by atoms with E-state index in [0.717, 1.165) is 36.0 Å². The minimum Gasteiger partial charge on any atom is -0.492 e. The molecule has 0 unspecified atom stereocenters. The van der Waals surface area contributed by atoms with Gasteiger partial charge in [0.15, 0.2) is 5.16 Å². The Balaban J connectivity index is 1.36. The highest BCUT2D eigenvalue weighted by Gasteiger charge is 2.22. The zero-order chi connectivity index (χ0) is 23.0. The van der Waals surface area contributed by atoms with Gasteiger partial charge in [0.1, 0.15) is 12.4 Å². The number of morpholine rings is 1. The molecule has 2 heterocycles. The number of carbonyl (C=O) groups excluding carboxylic acids is 1. The second-order valence-corrected chi connectivity index (χ2v) is 8.80. The van der Waals surface area contributed by atoms with Crippen LogP contribution in [0.1, 0.15) is 11.1 Å². The van der Waals surface area contributed by atoms with Crippen molar-refractivity contribution in [3.05, 3.63) is 59.7 Å². The van der Waals surface area contributed by atoms with E-state index in [-0.39, 0.29) is 11.7 Å². The van der Waals surface area contributed by atoms with Crippen LogP contribution in [0, 0.1) is 13.8 Å². The van der Waals surface area contributed by atoms with Gasteiger partial charge in [-0.2, -0.15) is 0 Å². The lowest BCUT2D eigenvalue weighted by atomic mass is 10.2. The molecule has 0 saturated carbocycles. The predicted octanol–water partition coefficient (Wildman–Crippen LogP) is 3.01. The molecule has 9 heteroatoms. The van der Waals surface area contributed by atoms with Crippen LogP contribution in [0.5, 0.6) is 5.75 Å². The lowest BCUT2D eigenvalue weighted by Crippen LogP contribution is -2.37. The molecule has 174 valence electrons. The van der Waals surface area contributed by atoms with Crippen molar-refractivity contribution < 1.29 is 14.3 Å². The molecule has 1 saturated heterocycles. The third-order valence-corrected chi connectivity index (χ3v) is 6.15. The molecule has 0 aliphatic carbocycles. The van der Waals surface area contributed by atoms with Crippen molar-refractivity contribution in [1.82, 2.24) is 20.1 Å². The molecule has 8 nitrogen and oxygen atoms in total. The van der Waals surface area contributed by atoms with Gasteiger partial charge in [0.2, 0.25) is 11.9 Å². The minimum absolute atomic E-state index is 0.0702. The number of anilines is 1. The van der Waals surface area contributed by atoms with Gasteiger partial charge >= 0.3 is 0 Å². The first kappa shape index (κ1) is 23.1. The minimum atomic E-state index is -0.0702. The van der Waals surface area contributed by atoms with Crippen molar-refractivity contribution >= 4 is 23.6 Å². The van der Waals surface area contributed by atoms with Gasteiger partial charge in [-0.25, -0.2) is 0 Å². The third-order valence-electron chi connectivity index (χ3n) is 5.22. The van der Waals surface area contributed by atoms with Gasteiger partial charge in [0.25, 0.3) is 0 Å². The van der Waals surface area contributed by atoms with E-state index >= 15 is 0 Å². The number of aryl methyl sites for hydroxylation is 2. The molecule has 0 radical (unpaired) electrons. The van der Waals surface area contributed by atoms with Crippen LogP contribution < -0.4 is 15.0 Å². The molecule has 33 heavy (non-hydrogen) atoms. The highest BCUT2D eigenvalue weighted by Crippen LogP contribution is 2.27. The number of hydrogen-bond acceptors (Lipinski definition) is 7. The molecule has 4 rings (SSSR count). The van der Waals surface area contributed by atoms with E-state index in [1.807, 2.05) is 35.8 Å². The first-order valence-electron chi connectivity index (χ1n) is 11.0. The highest BCUT2D eigenvalue weighted by atomic mass is 32.2. The average molecular weight is 468 g/mol. The molecule has 1 aliphatic rings. The number of carbonyl (C=O) groups is 1. The molecule has 1 fully saturated rings. The van der Waals surface area contributed by atoms with Crippen LogP contribution in [0.3, 0.4) is 0 Å². The van der Waals surface area contributed by atoms with E-state index in [1.165, 1.54) is 17.3 Å². The molecule has 1 aliphatic heterocycles. The Labute approximate surface area is 198 Å². The summed E-state index contributed by atoms with van der Waals surface area (Å²) in [6.45, 7) is 7.78. The van der Waals surface area contributed by atoms with E-state index in [0.29, 0.717) is 31.5 Å². The molecular weight excluding hydrogens is 438 g/mol. The van der Waals surface area contributed by atoms with Crippen molar-refractivity contribution in [3.8, 4) is 11.4 Å². The Hall–Kier alpha value is -3.04. The number of ether oxygens (including phenoxy) is 2. The SMILES string of the molecule is Cc1ccc(-n2c(SCC(=O)NCCOc3cccc(C)c3)nnc2N2CCOCC2)cc1. The number of thioether (sulfide) groups is 1. The van der Waals surface area contributed by atoms with Crippen LogP contribution in [0.2, 0.25) is 0 Å². The van der Waals surface area contributed by atoms with Gasteiger partial charge in [-0.15, -0.1) is 10.2 Å². The van der Waals surface area contributed by atoms with Crippen molar-refractivity contribution in [3.63, 3.8) is 0 Å². The van der Waals surface area contributed by atoms with Gasteiger partial charge in [-0.1, -0.05) is 41.6 Å². The molecule has 2 aromatic carbocycles. The summed E-state index contributed by atoms with van der Waals surface area (Å²) < 4.78 is 13.2. The van der Waals surface area contributed by atoms with E-state index in [4.69, 9.17) is 9.47 Å². The van der Waals surface area contributed by atoms with E-state index in [9.17, 15) is 4.79 Å². The molecule has 1 aromatic heterocycles. The van der Waals surface area contributed by atoms with Crippen LogP contribution >= 0.6 is 11.8 Å². The van der Waals surface area contributed by atoms with Gasteiger partial charge in [0, 0.05) is 13.1 Å². The van der Waals surface area contributed by atoms with Crippen molar-refractivity contribution in [1.29, 1.82) is 0 Å². The molecular formula is C24H29N5O3S. The summed E-state index contributed by atoms with van der Waals surface area (Å²) >= 11 is 1.37. The summed E-state index contributed by atoms with van der Waals surface area (Å²) in [5.74, 6) is 1.76. The normalized spacial score (nSPS) is 13.7. The van der Waals surface area contributed by atoms with Crippen LogP contribution in [-0.4, -0.2) is 65.9 Å². The summed E-state index contributed by atoms with van der Waals surface area (Å²) in [5, 5.41) is 12.4. The first-order chi connectivity index (χ1) is 16.1. The zero-order valence-corrected chi connectivity index (χ0v) is 19.8. The Morgan fingerprint density at radius 2 is 1.88 bits per heavy atom. The molecule has 0 bridgehead atoms. The molecule has 3 aromatic rings. The summed E-state index contributed by atoms with van der Waals surface area (Å²) in [6.07, 6.45) is 0. The van der Waals surface area contributed by atoms with Crippen LogP contribution in [-0.2, 0) is 9.53 Å². The Morgan fingerprint density at radius 1 is 1.09 bits per heavy atom. The monoisotopic (exact) mass is 467 g/mol. The Bertz CT molecular complexity index is 1060. The molecule has 0 spiro atoms. The largest absolute Gasteiger partial charge is 0.492 e. The maximum absolute atomic E-state index is 12.4. The maximum Gasteiger partial charge on any atom is 0.232 e. The standard InChI is InChI=1S/C24H29N5O3S/c1-18-6-8-20(9-7-18)29-23(28-11-14-31-15-12-28)26-27-24(29)33-17-22(30)25-10-13-32-21-5-3-4-19(2)16-21/h3-9,16H,10-15,17H2,1-2H3,(H,25,30). The van der Waals surface area contributed by atoms with Crippen molar-refractivity contribution in [2.75, 3.05) is 50.1 Å². The number of nitrogens with zero attached hydrogens (tertiary/aromatic N) is 4. The number of nitrogens with one attached hydrogen (secondary N) is 1. The highest BCUT2D eigenvalue weighted by molar-refractivity contribution is 7.99. The van der Waals surface area contributed by atoms with Gasteiger partial charge < -0.3 is 19.7 Å². The summed E-state index contributed by atoms with van der Waals surface area (Å²) in [7, 11) is 0. The Kier molecular flexibility index (Phi) is 7.85.